The summed E-state index contributed by atoms with van der Waals surface area (Å²) >= 11 is 5.11. The first kappa shape index (κ1) is 13.3. The lowest BCUT2D eigenvalue weighted by Crippen LogP contribution is -2.08. The molecule has 4 heteroatoms. The van der Waals surface area contributed by atoms with Crippen molar-refractivity contribution in [2.75, 3.05) is 11.9 Å². The second kappa shape index (κ2) is 5.77. The summed E-state index contributed by atoms with van der Waals surface area (Å²) in [7, 11) is 2.04. The Morgan fingerprint density at radius 3 is 2.40 bits per heavy atom. The van der Waals surface area contributed by atoms with Crippen LogP contribution in [0.5, 0.6) is 0 Å². The lowest BCUT2D eigenvalue weighted by molar-refractivity contribution is 1.17. The molecule has 0 aliphatic rings. The summed E-state index contributed by atoms with van der Waals surface area (Å²) in [5, 5.41) is 3.09. The predicted octanol–water partition coefficient (Wildman–Crippen LogP) is 5.34. The first-order valence-corrected chi connectivity index (χ1v) is 7.91. The van der Waals surface area contributed by atoms with Crippen molar-refractivity contribution in [2.45, 2.75) is 0 Å². The molecule has 0 N–H and O–H groups in total. The van der Waals surface area contributed by atoms with Crippen molar-refractivity contribution >= 4 is 38.1 Å². The van der Waals surface area contributed by atoms with E-state index in [-0.39, 0.29) is 0 Å². The van der Waals surface area contributed by atoms with Crippen molar-refractivity contribution in [2.24, 2.45) is 0 Å². The van der Waals surface area contributed by atoms with E-state index in [0.717, 1.165) is 26.5 Å². The minimum absolute atomic E-state index is 0.995. The highest BCUT2D eigenvalue weighted by molar-refractivity contribution is 9.10. The maximum Gasteiger partial charge on any atom is 0.190 e. The van der Waals surface area contributed by atoms with Crippen LogP contribution in [0.3, 0.4) is 0 Å². The molecule has 20 heavy (non-hydrogen) atoms. The number of halogens is 1. The van der Waals surface area contributed by atoms with Gasteiger partial charge in [0.1, 0.15) is 0 Å². The SMILES string of the molecule is CN(c1ccccc1)c1nc(-c2ccc(Br)cc2)cs1. The standard InChI is InChI=1S/C16H13BrN2S/c1-19(14-5-3-2-4-6-14)16-18-15(11-20-16)12-7-9-13(17)10-8-12/h2-11H,1H3. The van der Waals surface area contributed by atoms with Crippen LogP contribution in [-0.4, -0.2) is 12.0 Å². The fraction of sp³-hybridized carbons (Fsp3) is 0.0625. The van der Waals surface area contributed by atoms with Crippen molar-refractivity contribution in [3.05, 3.63) is 64.5 Å². The van der Waals surface area contributed by atoms with Crippen LogP contribution in [0.1, 0.15) is 0 Å². The molecule has 0 aliphatic heterocycles. The summed E-state index contributed by atoms with van der Waals surface area (Å²) in [4.78, 5) is 6.82. The normalized spacial score (nSPS) is 10.5. The fourth-order valence-corrected chi connectivity index (χ4v) is 3.02. The van der Waals surface area contributed by atoms with Crippen LogP contribution in [0.4, 0.5) is 10.8 Å². The Kier molecular flexibility index (Phi) is 3.85. The molecule has 1 aromatic heterocycles. The molecular formula is C16H13BrN2S. The lowest BCUT2D eigenvalue weighted by atomic mass is 10.2. The zero-order chi connectivity index (χ0) is 13.9. The summed E-state index contributed by atoms with van der Waals surface area (Å²) in [6.45, 7) is 0. The third-order valence-electron chi connectivity index (χ3n) is 3.06. The predicted molar refractivity (Wildman–Crippen MR) is 89.8 cm³/mol. The van der Waals surface area contributed by atoms with Gasteiger partial charge in [0.15, 0.2) is 5.13 Å². The van der Waals surface area contributed by atoms with Crippen molar-refractivity contribution in [3.8, 4) is 11.3 Å². The largest absolute Gasteiger partial charge is 0.321 e. The van der Waals surface area contributed by atoms with Crippen LogP contribution in [0.2, 0.25) is 0 Å². The molecule has 0 bridgehead atoms. The van der Waals surface area contributed by atoms with Crippen molar-refractivity contribution in [1.29, 1.82) is 0 Å². The van der Waals surface area contributed by atoms with Gasteiger partial charge in [-0.15, -0.1) is 11.3 Å². The van der Waals surface area contributed by atoms with Crippen LogP contribution in [-0.2, 0) is 0 Å². The van der Waals surface area contributed by atoms with E-state index in [0.29, 0.717) is 0 Å². The Labute approximate surface area is 130 Å². The molecule has 1 heterocycles. The van der Waals surface area contributed by atoms with Gasteiger partial charge in [-0.25, -0.2) is 4.98 Å². The summed E-state index contributed by atoms with van der Waals surface area (Å²) in [6.07, 6.45) is 0. The van der Waals surface area contributed by atoms with Crippen LogP contribution >= 0.6 is 27.3 Å². The molecule has 0 atom stereocenters. The molecule has 0 unspecified atom stereocenters. The third-order valence-corrected chi connectivity index (χ3v) is 4.51. The summed E-state index contributed by atoms with van der Waals surface area (Å²) < 4.78 is 1.08. The molecule has 0 radical (unpaired) electrons. The van der Waals surface area contributed by atoms with Gasteiger partial charge in [0, 0.05) is 28.2 Å². The Bertz CT molecular complexity index is 692. The van der Waals surface area contributed by atoms with E-state index in [1.165, 1.54) is 0 Å². The second-order valence-corrected chi connectivity index (χ2v) is 6.17. The van der Waals surface area contributed by atoms with E-state index in [1.807, 2.05) is 37.4 Å². The van der Waals surface area contributed by atoms with Gasteiger partial charge in [0.05, 0.1) is 5.69 Å². The Hall–Kier alpha value is -1.65. The first-order valence-electron chi connectivity index (χ1n) is 6.24. The quantitative estimate of drug-likeness (QED) is 0.637. The summed E-state index contributed by atoms with van der Waals surface area (Å²) in [5.74, 6) is 0. The number of hydrogen-bond acceptors (Lipinski definition) is 3. The topological polar surface area (TPSA) is 16.1 Å². The third kappa shape index (κ3) is 2.76. The molecule has 0 amide bonds. The molecule has 0 fully saturated rings. The number of hydrogen-bond donors (Lipinski definition) is 0. The smallest absolute Gasteiger partial charge is 0.190 e. The number of thiazole rings is 1. The van der Waals surface area contributed by atoms with E-state index in [9.17, 15) is 0 Å². The van der Waals surface area contributed by atoms with E-state index in [1.54, 1.807) is 11.3 Å². The monoisotopic (exact) mass is 344 g/mol. The molecule has 3 rings (SSSR count). The number of aromatic nitrogens is 1. The van der Waals surface area contributed by atoms with Crippen LogP contribution in [0.15, 0.2) is 64.5 Å². The van der Waals surface area contributed by atoms with Crippen molar-refractivity contribution in [1.82, 2.24) is 4.98 Å². The Morgan fingerprint density at radius 1 is 1.00 bits per heavy atom. The highest BCUT2D eigenvalue weighted by atomic mass is 79.9. The summed E-state index contributed by atoms with van der Waals surface area (Å²) in [6, 6.07) is 18.5. The average molecular weight is 345 g/mol. The highest BCUT2D eigenvalue weighted by Crippen LogP contribution is 2.31. The Morgan fingerprint density at radius 2 is 1.70 bits per heavy atom. The minimum Gasteiger partial charge on any atom is -0.321 e. The molecule has 0 spiro atoms. The number of rotatable bonds is 3. The van der Waals surface area contributed by atoms with Crippen molar-refractivity contribution < 1.29 is 0 Å². The van der Waals surface area contributed by atoms with E-state index in [4.69, 9.17) is 4.98 Å². The molecule has 100 valence electrons. The number of benzene rings is 2. The summed E-state index contributed by atoms with van der Waals surface area (Å²) in [5.41, 5.74) is 3.29. The molecule has 3 aromatic rings. The molecule has 2 nitrogen and oxygen atoms in total. The Balaban J connectivity index is 1.89. The second-order valence-electron chi connectivity index (χ2n) is 4.42. The van der Waals surface area contributed by atoms with Gasteiger partial charge in [0.25, 0.3) is 0 Å². The first-order chi connectivity index (χ1) is 9.74. The van der Waals surface area contributed by atoms with Crippen LogP contribution < -0.4 is 4.90 Å². The molecule has 0 saturated heterocycles. The van der Waals surface area contributed by atoms with Gasteiger partial charge in [-0.05, 0) is 24.3 Å². The molecule has 0 aliphatic carbocycles. The van der Waals surface area contributed by atoms with Gasteiger partial charge in [-0.1, -0.05) is 46.3 Å². The zero-order valence-corrected chi connectivity index (χ0v) is 13.4. The zero-order valence-electron chi connectivity index (χ0n) is 11.0. The van der Waals surface area contributed by atoms with E-state index < -0.39 is 0 Å². The van der Waals surface area contributed by atoms with Crippen molar-refractivity contribution in [3.63, 3.8) is 0 Å². The van der Waals surface area contributed by atoms with E-state index in [2.05, 4.69) is 50.5 Å². The number of anilines is 2. The van der Waals surface area contributed by atoms with Gasteiger partial charge in [0.2, 0.25) is 0 Å². The van der Waals surface area contributed by atoms with E-state index >= 15 is 0 Å². The van der Waals surface area contributed by atoms with Gasteiger partial charge >= 0.3 is 0 Å². The lowest BCUT2D eigenvalue weighted by Gasteiger charge is -2.15. The fourth-order valence-electron chi connectivity index (χ4n) is 1.93. The van der Waals surface area contributed by atoms with Gasteiger partial charge in [-0.2, -0.15) is 0 Å². The maximum absolute atomic E-state index is 4.72. The molecule has 0 saturated carbocycles. The van der Waals surface area contributed by atoms with Gasteiger partial charge < -0.3 is 4.90 Å². The van der Waals surface area contributed by atoms with Crippen LogP contribution in [0, 0.1) is 0 Å². The number of para-hydroxylation sites is 1. The maximum atomic E-state index is 4.72. The highest BCUT2D eigenvalue weighted by Gasteiger charge is 2.09. The molecular weight excluding hydrogens is 332 g/mol. The van der Waals surface area contributed by atoms with Crippen LogP contribution in [0.25, 0.3) is 11.3 Å². The van der Waals surface area contributed by atoms with Gasteiger partial charge in [-0.3, -0.25) is 0 Å². The number of nitrogens with zero attached hydrogens (tertiary/aromatic N) is 2. The average Bonchev–Trinajstić information content (AvgIpc) is 2.98. The minimum atomic E-state index is 0.995. The molecule has 2 aromatic carbocycles.